The number of nitrogens with one attached hydrogen (secondary N) is 1. The van der Waals surface area contributed by atoms with E-state index in [0.717, 1.165) is 4.90 Å². The van der Waals surface area contributed by atoms with Crippen LogP contribution in [-0.2, 0) is 14.4 Å². The third-order valence-electron chi connectivity index (χ3n) is 2.58. The Bertz CT molecular complexity index is 410. The highest BCUT2D eigenvalue weighted by Gasteiger charge is 2.26. The Morgan fingerprint density at radius 1 is 1.14 bits per heavy atom. The molecule has 0 spiro atoms. The zero-order valence-corrected chi connectivity index (χ0v) is 12.3. The van der Waals surface area contributed by atoms with Crippen LogP contribution in [0.1, 0.15) is 19.8 Å². The standard InChI is InChI=1S/C12H21N3O6/c1-4-5-15(7-9(16)14(2)3)12(21)13-8(11(19)20)6-10(17)18/h8H,4-7H2,1-3H3,(H,13,21)(H,17,18)(H,19,20). The van der Waals surface area contributed by atoms with Crippen LogP contribution in [0.25, 0.3) is 0 Å². The van der Waals surface area contributed by atoms with Crippen LogP contribution in [0.3, 0.4) is 0 Å². The van der Waals surface area contributed by atoms with Gasteiger partial charge < -0.3 is 25.3 Å². The molecule has 120 valence electrons. The molecule has 0 rings (SSSR count). The number of nitrogens with zero attached hydrogens (tertiary/aromatic N) is 2. The lowest BCUT2D eigenvalue weighted by Crippen LogP contribution is -2.51. The highest BCUT2D eigenvalue weighted by atomic mass is 16.4. The Morgan fingerprint density at radius 3 is 2.10 bits per heavy atom. The van der Waals surface area contributed by atoms with Crippen molar-refractivity contribution in [2.24, 2.45) is 0 Å². The van der Waals surface area contributed by atoms with Crippen molar-refractivity contribution in [3.63, 3.8) is 0 Å². The van der Waals surface area contributed by atoms with E-state index in [1.165, 1.54) is 19.0 Å². The SMILES string of the molecule is CCCN(CC(=O)N(C)C)C(=O)NC(CC(=O)O)C(=O)O. The second-order valence-corrected chi connectivity index (χ2v) is 4.65. The number of urea groups is 1. The molecule has 21 heavy (non-hydrogen) atoms. The van der Waals surface area contributed by atoms with E-state index in [9.17, 15) is 19.2 Å². The van der Waals surface area contributed by atoms with Crippen LogP contribution in [0.15, 0.2) is 0 Å². The topological polar surface area (TPSA) is 127 Å². The van der Waals surface area contributed by atoms with Crippen LogP contribution in [0.4, 0.5) is 4.79 Å². The first kappa shape index (κ1) is 18.7. The zero-order chi connectivity index (χ0) is 16.6. The summed E-state index contributed by atoms with van der Waals surface area (Å²) in [6.07, 6.45) is -0.159. The molecule has 1 unspecified atom stereocenters. The van der Waals surface area contributed by atoms with Gasteiger partial charge in [0.25, 0.3) is 0 Å². The van der Waals surface area contributed by atoms with Gasteiger partial charge in [-0.25, -0.2) is 9.59 Å². The lowest BCUT2D eigenvalue weighted by molar-refractivity contribution is -0.145. The lowest BCUT2D eigenvalue weighted by atomic mass is 10.2. The molecule has 0 saturated heterocycles. The third kappa shape index (κ3) is 7.14. The predicted octanol–water partition coefficient (Wildman–Crippen LogP) is -0.576. The number of likely N-dealkylation sites (N-methyl/N-ethyl adjacent to an activating group) is 1. The van der Waals surface area contributed by atoms with E-state index in [2.05, 4.69) is 5.32 Å². The van der Waals surface area contributed by atoms with Gasteiger partial charge in [-0.2, -0.15) is 0 Å². The number of aliphatic carboxylic acids is 2. The molecule has 9 nitrogen and oxygen atoms in total. The van der Waals surface area contributed by atoms with Crippen molar-refractivity contribution in [2.75, 3.05) is 27.2 Å². The highest BCUT2D eigenvalue weighted by molar-refractivity contribution is 5.88. The number of rotatable bonds is 8. The molecule has 3 amide bonds. The molecule has 3 N–H and O–H groups in total. The summed E-state index contributed by atoms with van der Waals surface area (Å²) in [6, 6.07) is -2.32. The molecule has 0 aliphatic heterocycles. The first-order valence-corrected chi connectivity index (χ1v) is 6.39. The van der Waals surface area contributed by atoms with E-state index in [1.54, 1.807) is 6.92 Å². The van der Waals surface area contributed by atoms with E-state index >= 15 is 0 Å². The zero-order valence-electron chi connectivity index (χ0n) is 12.3. The van der Waals surface area contributed by atoms with E-state index in [4.69, 9.17) is 10.2 Å². The molecule has 0 aromatic rings. The molecule has 0 aliphatic carbocycles. The first-order chi connectivity index (χ1) is 9.68. The minimum absolute atomic E-state index is 0.202. The average molecular weight is 303 g/mol. The Morgan fingerprint density at radius 2 is 1.71 bits per heavy atom. The summed E-state index contributed by atoms with van der Waals surface area (Å²) in [5.74, 6) is -3.10. The van der Waals surface area contributed by atoms with Crippen LogP contribution in [-0.4, -0.2) is 77.1 Å². The van der Waals surface area contributed by atoms with Crippen LogP contribution in [0.5, 0.6) is 0 Å². The maximum absolute atomic E-state index is 12.0. The summed E-state index contributed by atoms with van der Waals surface area (Å²) < 4.78 is 0. The van der Waals surface area contributed by atoms with Gasteiger partial charge in [-0.3, -0.25) is 9.59 Å². The number of carboxylic acids is 2. The molecular formula is C12H21N3O6. The molecule has 0 aromatic heterocycles. The number of hydrogen-bond donors (Lipinski definition) is 3. The minimum Gasteiger partial charge on any atom is -0.481 e. The summed E-state index contributed by atoms with van der Waals surface area (Å²) in [5, 5.41) is 19.6. The van der Waals surface area contributed by atoms with Gasteiger partial charge in [-0.1, -0.05) is 6.92 Å². The molecule has 0 saturated carbocycles. The maximum atomic E-state index is 12.0. The fourth-order valence-corrected chi connectivity index (χ4v) is 1.44. The van der Waals surface area contributed by atoms with Gasteiger partial charge in [0.2, 0.25) is 5.91 Å². The fraction of sp³-hybridized carbons (Fsp3) is 0.667. The summed E-state index contributed by atoms with van der Waals surface area (Å²) in [5.41, 5.74) is 0. The molecular weight excluding hydrogens is 282 g/mol. The van der Waals surface area contributed by atoms with Crippen LogP contribution in [0, 0.1) is 0 Å². The molecule has 0 aromatic carbocycles. The number of carbonyl (C=O) groups is 4. The molecule has 0 fully saturated rings. The molecule has 0 heterocycles. The smallest absolute Gasteiger partial charge is 0.326 e. The number of carbonyl (C=O) groups excluding carboxylic acids is 2. The van der Waals surface area contributed by atoms with E-state index < -0.39 is 30.4 Å². The van der Waals surface area contributed by atoms with Gasteiger partial charge in [0, 0.05) is 20.6 Å². The summed E-state index contributed by atoms with van der Waals surface area (Å²) in [6.45, 7) is 1.85. The number of amides is 3. The minimum atomic E-state index is -1.54. The van der Waals surface area contributed by atoms with Crippen molar-refractivity contribution in [1.82, 2.24) is 15.1 Å². The normalized spacial score (nSPS) is 11.4. The van der Waals surface area contributed by atoms with E-state index in [1.807, 2.05) is 0 Å². The lowest BCUT2D eigenvalue weighted by Gasteiger charge is -2.25. The number of carboxylic acid groups (broad SMARTS) is 2. The fourth-order valence-electron chi connectivity index (χ4n) is 1.44. The van der Waals surface area contributed by atoms with Crippen molar-refractivity contribution in [3.05, 3.63) is 0 Å². The molecule has 0 aliphatic rings. The van der Waals surface area contributed by atoms with Crippen molar-refractivity contribution in [2.45, 2.75) is 25.8 Å². The Kier molecular flexibility index (Phi) is 7.80. The second-order valence-electron chi connectivity index (χ2n) is 4.65. The maximum Gasteiger partial charge on any atom is 0.326 e. The Balaban J connectivity index is 4.82. The van der Waals surface area contributed by atoms with Gasteiger partial charge >= 0.3 is 18.0 Å². The molecule has 1 atom stereocenters. The Labute approximate surface area is 122 Å². The molecule has 0 bridgehead atoms. The van der Waals surface area contributed by atoms with E-state index in [0.29, 0.717) is 6.42 Å². The van der Waals surface area contributed by atoms with Gasteiger partial charge in [0.15, 0.2) is 0 Å². The largest absolute Gasteiger partial charge is 0.481 e. The summed E-state index contributed by atoms with van der Waals surface area (Å²) in [7, 11) is 3.07. The van der Waals surface area contributed by atoms with Gasteiger partial charge in [0.05, 0.1) is 6.42 Å². The Hall–Kier alpha value is -2.32. The van der Waals surface area contributed by atoms with E-state index in [-0.39, 0.29) is 19.0 Å². The number of hydrogen-bond acceptors (Lipinski definition) is 4. The monoisotopic (exact) mass is 303 g/mol. The van der Waals surface area contributed by atoms with Crippen molar-refractivity contribution in [3.8, 4) is 0 Å². The van der Waals surface area contributed by atoms with Gasteiger partial charge in [-0.05, 0) is 6.42 Å². The summed E-state index contributed by atoms with van der Waals surface area (Å²) >= 11 is 0. The summed E-state index contributed by atoms with van der Waals surface area (Å²) in [4.78, 5) is 47.5. The third-order valence-corrected chi connectivity index (χ3v) is 2.58. The van der Waals surface area contributed by atoms with Crippen LogP contribution >= 0.6 is 0 Å². The van der Waals surface area contributed by atoms with Crippen molar-refractivity contribution in [1.29, 1.82) is 0 Å². The highest BCUT2D eigenvalue weighted by Crippen LogP contribution is 1.99. The predicted molar refractivity (Wildman–Crippen MR) is 72.8 cm³/mol. The molecule has 9 heteroatoms. The molecule has 0 radical (unpaired) electrons. The van der Waals surface area contributed by atoms with Crippen molar-refractivity contribution >= 4 is 23.9 Å². The van der Waals surface area contributed by atoms with Crippen molar-refractivity contribution < 1.29 is 29.4 Å². The van der Waals surface area contributed by atoms with Crippen LogP contribution < -0.4 is 5.32 Å². The quantitative estimate of drug-likeness (QED) is 0.550. The first-order valence-electron chi connectivity index (χ1n) is 6.39. The van der Waals surface area contributed by atoms with Crippen LogP contribution in [0.2, 0.25) is 0 Å². The second kappa shape index (κ2) is 8.77. The van der Waals surface area contributed by atoms with Gasteiger partial charge in [0.1, 0.15) is 12.6 Å². The van der Waals surface area contributed by atoms with Gasteiger partial charge in [-0.15, -0.1) is 0 Å². The average Bonchev–Trinajstić information content (AvgIpc) is 2.36.